The predicted octanol–water partition coefficient (Wildman–Crippen LogP) is 8.17. The van der Waals surface area contributed by atoms with Crippen LogP contribution in [-0.2, 0) is 17.9 Å². The molecule has 2 aliphatic rings. The molecule has 11 nitrogen and oxygen atoms in total. The average Bonchev–Trinajstić information content (AvgIpc) is 3.36. The molecular weight excluding hydrogens is 708 g/mol. The van der Waals surface area contributed by atoms with Crippen LogP contribution in [0.1, 0.15) is 82.5 Å². The van der Waals surface area contributed by atoms with Crippen molar-refractivity contribution < 1.29 is 33.3 Å². The van der Waals surface area contributed by atoms with Gasteiger partial charge in [0.25, 0.3) is 11.8 Å². The smallest absolute Gasteiger partial charge is 0.256 e. The van der Waals surface area contributed by atoms with Crippen LogP contribution in [0.5, 0.6) is 23.0 Å². The van der Waals surface area contributed by atoms with Crippen molar-refractivity contribution in [2.45, 2.75) is 52.6 Å². The molecule has 1 N–H and O–H groups in total. The molecule has 0 unspecified atom stereocenters. The van der Waals surface area contributed by atoms with Crippen molar-refractivity contribution in [1.29, 1.82) is 0 Å². The highest BCUT2D eigenvalue weighted by Gasteiger charge is 2.28. The summed E-state index contributed by atoms with van der Waals surface area (Å²) in [4.78, 5) is 46.3. The van der Waals surface area contributed by atoms with E-state index in [1.807, 2.05) is 54.6 Å². The van der Waals surface area contributed by atoms with Gasteiger partial charge in [0.1, 0.15) is 34.7 Å². The highest BCUT2D eigenvalue weighted by Crippen LogP contribution is 2.32. The van der Waals surface area contributed by atoms with Gasteiger partial charge in [-0.3, -0.25) is 14.4 Å². The molecule has 6 rings (SSSR count). The van der Waals surface area contributed by atoms with Gasteiger partial charge in [-0.15, -0.1) is 0 Å². The normalized spacial score (nSPS) is 13.9. The number of carbonyl (C=O) groups excluding carboxylic acids is 3. The summed E-state index contributed by atoms with van der Waals surface area (Å²) >= 11 is 6.30. The molecule has 4 aromatic carbocycles. The number of carbonyl (C=O) groups is 3. The highest BCUT2D eigenvalue weighted by molar-refractivity contribution is 6.66. The van der Waals surface area contributed by atoms with Crippen LogP contribution in [0.15, 0.2) is 77.8 Å². The van der Waals surface area contributed by atoms with Crippen LogP contribution in [0.4, 0.5) is 11.4 Å². The molecule has 0 saturated heterocycles. The van der Waals surface area contributed by atoms with Gasteiger partial charge in [0, 0.05) is 23.3 Å². The SMILES string of the molecule is COc1ccc(CN2CC(=O)Nc3ccc(C(C)C)cc3C2=O)c(OC)c1.COc1ccc(CN2CC(Cl)=Nc3ccc(C(C)C)cc3C2=O)c(OC)c1. The molecule has 0 aromatic heterocycles. The van der Waals surface area contributed by atoms with Crippen molar-refractivity contribution in [3.63, 3.8) is 0 Å². The van der Waals surface area contributed by atoms with Crippen LogP contribution in [0, 0.1) is 0 Å². The van der Waals surface area contributed by atoms with E-state index in [-0.39, 0.29) is 43.3 Å². The lowest BCUT2D eigenvalue weighted by atomic mass is 9.99. The van der Waals surface area contributed by atoms with Gasteiger partial charge in [-0.25, -0.2) is 4.99 Å². The maximum Gasteiger partial charge on any atom is 0.256 e. The summed E-state index contributed by atoms with van der Waals surface area (Å²) in [5.74, 6) is 2.77. The molecule has 3 amide bonds. The highest BCUT2D eigenvalue weighted by atomic mass is 35.5. The number of amides is 3. The summed E-state index contributed by atoms with van der Waals surface area (Å²) in [5, 5.41) is 3.21. The third kappa shape index (κ3) is 9.14. The van der Waals surface area contributed by atoms with Gasteiger partial charge in [-0.2, -0.15) is 0 Å². The Morgan fingerprint density at radius 2 is 1.15 bits per heavy atom. The van der Waals surface area contributed by atoms with Gasteiger partial charge in [0.15, 0.2) is 0 Å². The van der Waals surface area contributed by atoms with Gasteiger partial charge >= 0.3 is 0 Å². The van der Waals surface area contributed by atoms with E-state index in [2.05, 4.69) is 38.0 Å². The number of nitrogens with one attached hydrogen (secondary N) is 1. The molecule has 0 radical (unpaired) electrons. The van der Waals surface area contributed by atoms with E-state index in [1.165, 1.54) is 4.90 Å². The van der Waals surface area contributed by atoms with Gasteiger partial charge in [0.05, 0.1) is 70.6 Å². The average molecular weight is 755 g/mol. The number of halogens is 1. The predicted molar refractivity (Wildman–Crippen MR) is 211 cm³/mol. The second-order valence-corrected chi connectivity index (χ2v) is 14.0. The van der Waals surface area contributed by atoms with Crippen molar-refractivity contribution in [1.82, 2.24) is 9.80 Å². The number of rotatable bonds is 10. The number of nitrogens with zero attached hydrogens (tertiary/aromatic N) is 3. The van der Waals surface area contributed by atoms with Crippen LogP contribution in [0.2, 0.25) is 0 Å². The number of methoxy groups -OCH3 is 4. The van der Waals surface area contributed by atoms with Crippen LogP contribution in [0.25, 0.3) is 0 Å². The molecule has 2 heterocycles. The summed E-state index contributed by atoms with van der Waals surface area (Å²) in [7, 11) is 6.35. The largest absolute Gasteiger partial charge is 0.497 e. The maximum absolute atomic E-state index is 13.2. The van der Waals surface area contributed by atoms with Gasteiger partial charge in [-0.05, 0) is 71.5 Å². The Bertz CT molecular complexity index is 2010. The van der Waals surface area contributed by atoms with Gasteiger partial charge in [0.2, 0.25) is 5.91 Å². The Hall–Kier alpha value is -5.55. The fraction of sp³-hybridized carbons (Fsp3) is 0.333. The number of benzene rings is 4. The molecule has 54 heavy (non-hydrogen) atoms. The van der Waals surface area contributed by atoms with E-state index < -0.39 is 0 Å². The fourth-order valence-corrected chi connectivity index (χ4v) is 6.43. The Morgan fingerprint density at radius 1 is 0.648 bits per heavy atom. The lowest BCUT2D eigenvalue weighted by Crippen LogP contribution is -2.34. The van der Waals surface area contributed by atoms with E-state index in [4.69, 9.17) is 30.5 Å². The monoisotopic (exact) mass is 754 g/mol. The summed E-state index contributed by atoms with van der Waals surface area (Å²) in [5.41, 5.74) is 6.08. The minimum absolute atomic E-state index is 0.0142. The number of fused-ring (bicyclic) bond motifs is 2. The number of anilines is 1. The van der Waals surface area contributed by atoms with Crippen molar-refractivity contribution >= 4 is 45.9 Å². The first-order valence-corrected chi connectivity index (χ1v) is 18.0. The molecule has 284 valence electrons. The minimum atomic E-state index is -0.216. The van der Waals surface area contributed by atoms with E-state index in [1.54, 1.807) is 51.5 Å². The van der Waals surface area contributed by atoms with E-state index >= 15 is 0 Å². The lowest BCUT2D eigenvalue weighted by Gasteiger charge is -2.22. The van der Waals surface area contributed by atoms with E-state index in [0.717, 1.165) is 22.3 Å². The number of aliphatic imine (C=N–C) groups is 1. The first kappa shape index (κ1) is 39.7. The van der Waals surface area contributed by atoms with Crippen LogP contribution >= 0.6 is 11.6 Å². The zero-order chi connectivity index (χ0) is 39.1. The first-order valence-electron chi connectivity index (χ1n) is 17.7. The van der Waals surface area contributed by atoms with Crippen LogP contribution in [0.3, 0.4) is 0 Å². The maximum atomic E-state index is 13.2. The van der Waals surface area contributed by atoms with Crippen molar-refractivity contribution in [3.8, 4) is 23.0 Å². The number of hydrogen-bond donors (Lipinski definition) is 1. The standard InChI is InChI=1S/C21H23ClN2O3.C21H24N2O4/c1-13(2)14-6-8-18-17(9-14)21(25)24(12-20(22)23-18)11-15-5-7-16(26-3)10-19(15)27-4;1-13(2)14-6-8-18-17(9-14)21(25)23(12-20(24)22-18)11-15-5-7-16(26-3)10-19(15)27-4/h5-10,13H,11-12H2,1-4H3;5-10,13H,11-12H2,1-4H3,(H,22,24). The van der Waals surface area contributed by atoms with Crippen molar-refractivity contribution in [2.75, 3.05) is 46.8 Å². The number of ether oxygens (including phenoxy) is 4. The molecule has 0 fully saturated rings. The zero-order valence-corrected chi connectivity index (χ0v) is 32.7. The quantitative estimate of drug-likeness (QED) is 0.174. The summed E-state index contributed by atoms with van der Waals surface area (Å²) in [6.07, 6.45) is 0. The molecule has 0 aliphatic carbocycles. The molecule has 0 saturated carbocycles. The first-order chi connectivity index (χ1) is 25.8. The van der Waals surface area contributed by atoms with Gasteiger partial charge in [-0.1, -0.05) is 51.4 Å². The molecule has 0 spiro atoms. The Morgan fingerprint density at radius 3 is 1.67 bits per heavy atom. The van der Waals surface area contributed by atoms with Gasteiger partial charge < -0.3 is 34.1 Å². The second kappa shape index (κ2) is 17.5. The van der Waals surface area contributed by atoms with Crippen LogP contribution in [-0.4, -0.2) is 74.2 Å². The van der Waals surface area contributed by atoms with Crippen LogP contribution < -0.4 is 24.3 Å². The third-order valence-electron chi connectivity index (χ3n) is 9.32. The number of hydrogen-bond acceptors (Lipinski definition) is 8. The molecule has 12 heteroatoms. The summed E-state index contributed by atoms with van der Waals surface area (Å²) in [6, 6.07) is 22.4. The lowest BCUT2D eigenvalue weighted by molar-refractivity contribution is -0.116. The summed E-state index contributed by atoms with van der Waals surface area (Å²) < 4.78 is 21.3. The molecule has 4 aromatic rings. The molecular formula is C42H47ClN4O7. The zero-order valence-electron chi connectivity index (χ0n) is 32.0. The Kier molecular flexibility index (Phi) is 12.9. The van der Waals surface area contributed by atoms with E-state index in [9.17, 15) is 14.4 Å². The molecule has 0 atom stereocenters. The van der Waals surface area contributed by atoms with Crippen molar-refractivity contribution in [3.05, 3.63) is 106 Å². The molecule has 0 bridgehead atoms. The third-order valence-corrected chi connectivity index (χ3v) is 9.52. The van der Waals surface area contributed by atoms with E-state index in [0.29, 0.717) is 63.1 Å². The molecule has 2 aliphatic heterocycles. The topological polar surface area (TPSA) is 119 Å². The Balaban J connectivity index is 0.000000208. The fourth-order valence-electron chi connectivity index (χ4n) is 6.19. The second-order valence-electron chi connectivity index (χ2n) is 13.6. The Labute approximate surface area is 321 Å². The minimum Gasteiger partial charge on any atom is -0.497 e. The van der Waals surface area contributed by atoms with Crippen molar-refractivity contribution in [2.24, 2.45) is 4.99 Å². The summed E-state index contributed by atoms with van der Waals surface area (Å²) in [6.45, 7) is 9.20.